The number of fused-ring (bicyclic) bond motifs is 1. The third-order valence-electron chi connectivity index (χ3n) is 4.47. The zero-order valence-corrected chi connectivity index (χ0v) is 15.5. The topological polar surface area (TPSA) is 51.1 Å². The summed E-state index contributed by atoms with van der Waals surface area (Å²) in [6.07, 6.45) is -4.81. The number of carbonyl (C=O) groups is 1. The van der Waals surface area contributed by atoms with Crippen LogP contribution in [0.15, 0.2) is 53.3 Å². The number of alkyl halides is 3. The maximum atomic E-state index is 13.5. The van der Waals surface area contributed by atoms with Gasteiger partial charge in [-0.05, 0) is 36.8 Å². The van der Waals surface area contributed by atoms with E-state index in [1.165, 1.54) is 30.3 Å². The first-order chi connectivity index (χ1) is 13.6. The molecule has 1 N–H and O–H groups in total. The molecule has 4 nitrogen and oxygen atoms in total. The second kappa shape index (κ2) is 8.06. The van der Waals surface area contributed by atoms with Crippen molar-refractivity contribution in [1.82, 2.24) is 9.88 Å². The average molecular weight is 406 g/mol. The normalized spacial score (nSPS) is 11.6. The quantitative estimate of drug-likeness (QED) is 0.655. The van der Waals surface area contributed by atoms with Crippen molar-refractivity contribution in [3.8, 4) is 0 Å². The molecule has 152 valence electrons. The molecule has 0 spiro atoms. The van der Waals surface area contributed by atoms with Crippen molar-refractivity contribution < 1.29 is 22.4 Å². The molecular formula is C21H18F4N2O2. The number of aromatic nitrogens is 1. The largest absolute Gasteiger partial charge is 0.431 e. The van der Waals surface area contributed by atoms with Crippen LogP contribution in [-0.2, 0) is 23.9 Å². The lowest BCUT2D eigenvalue weighted by Crippen LogP contribution is -2.31. The summed E-state index contributed by atoms with van der Waals surface area (Å²) in [7, 11) is 0. The first kappa shape index (κ1) is 20.6. The van der Waals surface area contributed by atoms with E-state index < -0.39 is 29.0 Å². The summed E-state index contributed by atoms with van der Waals surface area (Å²) >= 11 is 0. The summed E-state index contributed by atoms with van der Waals surface area (Å²) in [5.41, 5.74) is -0.414. The molecule has 8 heteroatoms. The number of amides is 1. The number of nitrogens with one attached hydrogen (secondary N) is 1. The van der Waals surface area contributed by atoms with Crippen molar-refractivity contribution in [1.29, 1.82) is 0 Å². The molecule has 3 rings (SSSR count). The number of carbonyl (C=O) groups excluding carboxylic acids is 1. The van der Waals surface area contributed by atoms with Crippen molar-refractivity contribution in [3.63, 3.8) is 0 Å². The Bertz CT molecular complexity index is 1120. The van der Waals surface area contributed by atoms with Gasteiger partial charge in [-0.25, -0.2) is 4.39 Å². The summed E-state index contributed by atoms with van der Waals surface area (Å²) in [5, 5.41) is 2.73. The molecule has 0 aliphatic carbocycles. The molecule has 0 radical (unpaired) electrons. The maximum Gasteiger partial charge on any atom is 0.431 e. The van der Waals surface area contributed by atoms with Gasteiger partial charge in [-0.1, -0.05) is 23.8 Å². The standard InChI is InChI=1S/C21H18F4N2O2/c1-13-5-6-17-16(9-13)18(28)12-19(21(23,24)25)27(17)8-7-26-20(29)11-14-3-2-4-15(22)10-14/h2-6,9-10,12H,7-8,11H2,1H3,(H,26,29). The van der Waals surface area contributed by atoms with Gasteiger partial charge in [-0.15, -0.1) is 0 Å². The summed E-state index contributed by atoms with van der Waals surface area (Å²) in [4.78, 5) is 24.2. The Balaban J connectivity index is 1.82. The van der Waals surface area contributed by atoms with Gasteiger partial charge < -0.3 is 9.88 Å². The fraction of sp³-hybridized carbons (Fsp3) is 0.238. The van der Waals surface area contributed by atoms with Crippen LogP contribution in [0.2, 0.25) is 0 Å². The molecule has 0 atom stereocenters. The van der Waals surface area contributed by atoms with Gasteiger partial charge in [0, 0.05) is 24.5 Å². The molecule has 0 fully saturated rings. The molecule has 1 heterocycles. The first-order valence-corrected chi connectivity index (χ1v) is 8.88. The van der Waals surface area contributed by atoms with Gasteiger partial charge in [-0.2, -0.15) is 13.2 Å². The van der Waals surface area contributed by atoms with E-state index in [4.69, 9.17) is 0 Å². The molecule has 2 aromatic carbocycles. The van der Waals surface area contributed by atoms with Crippen molar-refractivity contribution in [3.05, 3.63) is 81.4 Å². The Morgan fingerprint density at radius 2 is 1.86 bits per heavy atom. The fourth-order valence-electron chi connectivity index (χ4n) is 3.17. The van der Waals surface area contributed by atoms with Crippen LogP contribution >= 0.6 is 0 Å². The summed E-state index contributed by atoms with van der Waals surface area (Å²) < 4.78 is 54.6. The third-order valence-corrected chi connectivity index (χ3v) is 4.47. The van der Waals surface area contributed by atoms with Crippen LogP contribution in [0.1, 0.15) is 16.8 Å². The van der Waals surface area contributed by atoms with E-state index in [0.717, 1.165) is 10.1 Å². The summed E-state index contributed by atoms with van der Waals surface area (Å²) in [6, 6.07) is 10.7. The predicted octanol–water partition coefficient (Wildman–Crippen LogP) is 3.83. The Hall–Kier alpha value is -3.16. The number of aryl methyl sites for hydroxylation is 1. The van der Waals surface area contributed by atoms with Gasteiger partial charge in [-0.3, -0.25) is 9.59 Å². The number of rotatable bonds is 5. The Labute approximate surface area is 163 Å². The van der Waals surface area contributed by atoms with Crippen LogP contribution < -0.4 is 10.7 Å². The molecule has 0 saturated heterocycles. The second-order valence-corrected chi connectivity index (χ2v) is 6.72. The third kappa shape index (κ3) is 4.82. The lowest BCUT2D eigenvalue weighted by Gasteiger charge is -2.19. The highest BCUT2D eigenvalue weighted by atomic mass is 19.4. The van der Waals surface area contributed by atoms with Gasteiger partial charge in [0.25, 0.3) is 0 Å². The van der Waals surface area contributed by atoms with E-state index in [0.29, 0.717) is 11.6 Å². The minimum atomic E-state index is -4.72. The average Bonchev–Trinajstić information content (AvgIpc) is 2.62. The summed E-state index contributed by atoms with van der Waals surface area (Å²) in [6.45, 7) is 1.49. The van der Waals surface area contributed by atoms with Crippen LogP contribution in [0.5, 0.6) is 0 Å². The van der Waals surface area contributed by atoms with Gasteiger partial charge in [0.1, 0.15) is 11.5 Å². The number of hydrogen-bond acceptors (Lipinski definition) is 2. The van der Waals surface area contributed by atoms with E-state index >= 15 is 0 Å². The smallest absolute Gasteiger partial charge is 0.354 e. The highest BCUT2D eigenvalue weighted by molar-refractivity contribution is 5.80. The Kier molecular flexibility index (Phi) is 5.72. The molecule has 3 aromatic rings. The van der Waals surface area contributed by atoms with Crippen molar-refractivity contribution in [2.24, 2.45) is 0 Å². The zero-order chi connectivity index (χ0) is 21.2. The van der Waals surface area contributed by atoms with Crippen LogP contribution in [0.4, 0.5) is 17.6 Å². The maximum absolute atomic E-state index is 13.5. The van der Waals surface area contributed by atoms with E-state index in [-0.39, 0.29) is 30.4 Å². The highest BCUT2D eigenvalue weighted by Gasteiger charge is 2.35. The first-order valence-electron chi connectivity index (χ1n) is 8.88. The molecule has 0 saturated carbocycles. The van der Waals surface area contributed by atoms with Crippen LogP contribution in [0.3, 0.4) is 0 Å². The molecule has 1 aromatic heterocycles. The lowest BCUT2D eigenvalue weighted by atomic mass is 10.1. The number of halogens is 4. The second-order valence-electron chi connectivity index (χ2n) is 6.72. The Morgan fingerprint density at radius 1 is 1.10 bits per heavy atom. The van der Waals surface area contributed by atoms with Crippen LogP contribution in [-0.4, -0.2) is 17.0 Å². The van der Waals surface area contributed by atoms with Gasteiger partial charge in [0.15, 0.2) is 5.43 Å². The molecule has 29 heavy (non-hydrogen) atoms. The predicted molar refractivity (Wildman–Crippen MR) is 101 cm³/mol. The van der Waals surface area contributed by atoms with E-state index in [1.54, 1.807) is 19.1 Å². The molecule has 0 aliphatic rings. The van der Waals surface area contributed by atoms with Crippen molar-refractivity contribution in [2.75, 3.05) is 6.54 Å². The van der Waals surface area contributed by atoms with E-state index in [1.807, 2.05) is 0 Å². The van der Waals surface area contributed by atoms with Gasteiger partial charge in [0.05, 0.1) is 11.9 Å². The summed E-state index contributed by atoms with van der Waals surface area (Å²) in [5.74, 6) is -0.912. The van der Waals surface area contributed by atoms with Crippen LogP contribution in [0, 0.1) is 12.7 Å². The van der Waals surface area contributed by atoms with Gasteiger partial charge in [0.2, 0.25) is 5.91 Å². The van der Waals surface area contributed by atoms with E-state index in [2.05, 4.69) is 5.32 Å². The van der Waals surface area contributed by atoms with Crippen molar-refractivity contribution >= 4 is 16.8 Å². The molecule has 0 bridgehead atoms. The number of pyridine rings is 1. The van der Waals surface area contributed by atoms with E-state index in [9.17, 15) is 27.2 Å². The Morgan fingerprint density at radius 3 is 2.55 bits per heavy atom. The number of benzene rings is 2. The minimum Gasteiger partial charge on any atom is -0.354 e. The van der Waals surface area contributed by atoms with Crippen molar-refractivity contribution in [2.45, 2.75) is 26.1 Å². The molecule has 0 aliphatic heterocycles. The lowest BCUT2D eigenvalue weighted by molar-refractivity contribution is -0.143. The molecule has 0 unspecified atom stereocenters. The fourth-order valence-corrected chi connectivity index (χ4v) is 3.17. The monoisotopic (exact) mass is 406 g/mol. The van der Waals surface area contributed by atoms with Crippen LogP contribution in [0.25, 0.3) is 10.9 Å². The number of hydrogen-bond donors (Lipinski definition) is 1. The number of nitrogens with zero attached hydrogens (tertiary/aromatic N) is 1. The zero-order valence-electron chi connectivity index (χ0n) is 15.5. The minimum absolute atomic E-state index is 0.0803. The highest BCUT2D eigenvalue weighted by Crippen LogP contribution is 2.30. The van der Waals surface area contributed by atoms with Gasteiger partial charge >= 0.3 is 6.18 Å². The SMILES string of the molecule is Cc1ccc2c(c1)c(=O)cc(C(F)(F)F)n2CCNC(=O)Cc1cccc(F)c1. The molecular weight excluding hydrogens is 388 g/mol. The molecule has 1 amide bonds.